The number of carbonyl (C=O) groups excluding carboxylic acids is 1. The number of rotatable bonds is 5. The molecule has 1 unspecified atom stereocenters. The van der Waals surface area contributed by atoms with Crippen LogP contribution >= 0.6 is 11.9 Å². The van der Waals surface area contributed by atoms with Gasteiger partial charge in [-0.05, 0) is 19.7 Å². The van der Waals surface area contributed by atoms with Crippen LogP contribution in [0.2, 0.25) is 0 Å². The first-order valence-corrected chi connectivity index (χ1v) is 5.91. The molecule has 0 spiro atoms. The molecule has 0 aromatic carbocycles. The molecule has 0 N–H and O–H groups in total. The summed E-state index contributed by atoms with van der Waals surface area (Å²) in [6.07, 6.45) is 3.04. The summed E-state index contributed by atoms with van der Waals surface area (Å²) in [6, 6.07) is 0.308. The van der Waals surface area contributed by atoms with Gasteiger partial charge in [0.05, 0.1) is 19.2 Å². The van der Waals surface area contributed by atoms with Crippen molar-refractivity contribution in [3.8, 4) is 0 Å². The van der Waals surface area contributed by atoms with Crippen LogP contribution in [0.4, 0.5) is 0 Å². The standard InChI is InChI=1S/C9H18N2O2S/c1-10(14-3)6-9(12)11-5-4-8(11)7-13-2/h8H,4-7H2,1-3H3. The van der Waals surface area contributed by atoms with E-state index in [1.165, 1.54) is 0 Å². The monoisotopic (exact) mass is 218 g/mol. The number of methoxy groups -OCH3 is 1. The lowest BCUT2D eigenvalue weighted by Gasteiger charge is -2.41. The Kier molecular flexibility index (Phi) is 4.71. The summed E-state index contributed by atoms with van der Waals surface area (Å²) in [5.41, 5.74) is 0. The molecule has 1 saturated heterocycles. The van der Waals surface area contributed by atoms with Gasteiger partial charge in [-0.1, -0.05) is 11.9 Å². The van der Waals surface area contributed by atoms with Crippen molar-refractivity contribution in [3.05, 3.63) is 0 Å². The quantitative estimate of drug-likeness (QED) is 0.627. The summed E-state index contributed by atoms with van der Waals surface area (Å²) >= 11 is 1.57. The number of hydrogen-bond donors (Lipinski definition) is 0. The smallest absolute Gasteiger partial charge is 0.238 e. The minimum atomic E-state index is 0.204. The Bertz CT molecular complexity index is 201. The number of hydrogen-bond acceptors (Lipinski definition) is 4. The van der Waals surface area contributed by atoms with Crippen LogP contribution in [0.25, 0.3) is 0 Å². The molecule has 1 aliphatic rings. The van der Waals surface area contributed by atoms with Crippen molar-refractivity contribution >= 4 is 17.9 Å². The Hall–Kier alpha value is -0.260. The first kappa shape index (κ1) is 11.8. The van der Waals surface area contributed by atoms with E-state index in [0.717, 1.165) is 13.0 Å². The Balaban J connectivity index is 2.30. The molecule has 0 bridgehead atoms. The molecule has 1 heterocycles. The van der Waals surface area contributed by atoms with Gasteiger partial charge >= 0.3 is 0 Å². The van der Waals surface area contributed by atoms with Gasteiger partial charge in [-0.15, -0.1) is 0 Å². The van der Waals surface area contributed by atoms with Gasteiger partial charge in [-0.2, -0.15) is 0 Å². The summed E-state index contributed by atoms with van der Waals surface area (Å²) in [5, 5.41) is 0. The Morgan fingerprint density at radius 2 is 2.43 bits per heavy atom. The largest absolute Gasteiger partial charge is 0.383 e. The van der Waals surface area contributed by atoms with E-state index in [-0.39, 0.29) is 5.91 Å². The third kappa shape index (κ3) is 2.87. The van der Waals surface area contributed by atoms with Crippen LogP contribution in [0.5, 0.6) is 0 Å². The molecule has 1 atom stereocenters. The first-order valence-electron chi connectivity index (χ1n) is 4.72. The van der Waals surface area contributed by atoms with E-state index < -0.39 is 0 Å². The molecular formula is C9H18N2O2S. The van der Waals surface area contributed by atoms with Gasteiger partial charge in [-0.25, -0.2) is 4.31 Å². The molecular weight excluding hydrogens is 200 g/mol. The highest BCUT2D eigenvalue weighted by molar-refractivity contribution is 7.96. The maximum atomic E-state index is 11.7. The molecule has 0 saturated carbocycles. The van der Waals surface area contributed by atoms with Crippen LogP contribution in [0, 0.1) is 0 Å². The number of nitrogens with zero attached hydrogens (tertiary/aromatic N) is 2. The van der Waals surface area contributed by atoms with E-state index in [2.05, 4.69) is 0 Å². The van der Waals surface area contributed by atoms with Gasteiger partial charge in [0.15, 0.2) is 0 Å². The number of amides is 1. The summed E-state index contributed by atoms with van der Waals surface area (Å²) in [5.74, 6) is 0.204. The fourth-order valence-electron chi connectivity index (χ4n) is 1.48. The SMILES string of the molecule is COCC1CCN1C(=O)CN(C)SC. The summed E-state index contributed by atoms with van der Waals surface area (Å²) in [6.45, 7) is 2.03. The predicted octanol–water partition coefficient (Wildman–Crippen LogP) is 0.444. The Morgan fingerprint density at radius 3 is 2.86 bits per heavy atom. The number of likely N-dealkylation sites (N-methyl/N-ethyl adjacent to an activating group) is 1. The Morgan fingerprint density at radius 1 is 1.71 bits per heavy atom. The molecule has 4 nitrogen and oxygen atoms in total. The fourth-order valence-corrected chi connectivity index (χ4v) is 1.72. The molecule has 1 aliphatic heterocycles. The van der Waals surface area contributed by atoms with Gasteiger partial charge < -0.3 is 9.64 Å². The van der Waals surface area contributed by atoms with E-state index in [0.29, 0.717) is 19.2 Å². The third-order valence-corrected chi connectivity index (χ3v) is 3.25. The summed E-state index contributed by atoms with van der Waals surface area (Å²) < 4.78 is 6.98. The average molecular weight is 218 g/mol. The highest BCUT2D eigenvalue weighted by Crippen LogP contribution is 2.18. The van der Waals surface area contributed by atoms with E-state index in [1.54, 1.807) is 19.1 Å². The van der Waals surface area contributed by atoms with Crippen molar-refractivity contribution in [3.63, 3.8) is 0 Å². The van der Waals surface area contributed by atoms with Crippen molar-refractivity contribution in [1.82, 2.24) is 9.21 Å². The summed E-state index contributed by atoms with van der Waals surface area (Å²) in [7, 11) is 3.60. The van der Waals surface area contributed by atoms with E-state index in [1.807, 2.05) is 22.5 Å². The van der Waals surface area contributed by atoms with Crippen molar-refractivity contribution in [2.24, 2.45) is 0 Å². The second-order valence-corrected chi connectivity index (χ2v) is 4.44. The minimum Gasteiger partial charge on any atom is -0.383 e. The number of likely N-dealkylation sites (tertiary alicyclic amines) is 1. The van der Waals surface area contributed by atoms with E-state index >= 15 is 0 Å². The second-order valence-electron chi connectivity index (χ2n) is 3.45. The molecule has 5 heteroatoms. The summed E-state index contributed by atoms with van der Waals surface area (Å²) in [4.78, 5) is 13.6. The topological polar surface area (TPSA) is 32.8 Å². The minimum absolute atomic E-state index is 0.204. The number of carbonyl (C=O) groups is 1. The van der Waals surface area contributed by atoms with Crippen molar-refractivity contribution in [2.45, 2.75) is 12.5 Å². The van der Waals surface area contributed by atoms with Gasteiger partial charge in [0, 0.05) is 13.7 Å². The van der Waals surface area contributed by atoms with E-state index in [9.17, 15) is 4.79 Å². The van der Waals surface area contributed by atoms with Crippen molar-refractivity contribution in [1.29, 1.82) is 0 Å². The highest BCUT2D eigenvalue weighted by atomic mass is 32.2. The zero-order valence-electron chi connectivity index (χ0n) is 9.02. The molecule has 82 valence electrons. The van der Waals surface area contributed by atoms with Gasteiger partial charge in [0.2, 0.25) is 5.91 Å². The van der Waals surface area contributed by atoms with Gasteiger partial charge in [0.1, 0.15) is 0 Å². The lowest BCUT2D eigenvalue weighted by molar-refractivity contribution is -0.140. The average Bonchev–Trinajstić information content (AvgIpc) is 2.12. The van der Waals surface area contributed by atoms with E-state index in [4.69, 9.17) is 4.74 Å². The van der Waals surface area contributed by atoms with Crippen LogP contribution in [-0.2, 0) is 9.53 Å². The second kappa shape index (κ2) is 5.58. The lowest BCUT2D eigenvalue weighted by atomic mass is 10.0. The molecule has 0 aromatic heterocycles. The van der Waals surface area contributed by atoms with Crippen LogP contribution in [0.3, 0.4) is 0 Å². The third-order valence-electron chi connectivity index (χ3n) is 2.49. The molecule has 1 fully saturated rings. The molecule has 0 radical (unpaired) electrons. The Labute approximate surface area is 89.7 Å². The molecule has 0 aliphatic carbocycles. The molecule has 0 aromatic rings. The molecule has 14 heavy (non-hydrogen) atoms. The maximum absolute atomic E-state index is 11.7. The fraction of sp³-hybridized carbons (Fsp3) is 0.889. The maximum Gasteiger partial charge on any atom is 0.238 e. The van der Waals surface area contributed by atoms with Crippen LogP contribution in [0.1, 0.15) is 6.42 Å². The van der Waals surface area contributed by atoms with Crippen LogP contribution in [-0.4, -0.2) is 61.3 Å². The van der Waals surface area contributed by atoms with Crippen molar-refractivity contribution in [2.75, 3.05) is 40.1 Å². The zero-order chi connectivity index (χ0) is 10.6. The first-order chi connectivity index (χ1) is 6.69. The molecule has 1 amide bonds. The molecule has 1 rings (SSSR count). The predicted molar refractivity (Wildman–Crippen MR) is 58.1 cm³/mol. The van der Waals surface area contributed by atoms with Crippen LogP contribution < -0.4 is 0 Å². The van der Waals surface area contributed by atoms with Gasteiger partial charge in [-0.3, -0.25) is 4.79 Å². The highest BCUT2D eigenvalue weighted by Gasteiger charge is 2.31. The number of ether oxygens (including phenoxy) is 1. The zero-order valence-corrected chi connectivity index (χ0v) is 9.84. The van der Waals surface area contributed by atoms with Crippen LogP contribution in [0.15, 0.2) is 0 Å². The van der Waals surface area contributed by atoms with Gasteiger partial charge in [0.25, 0.3) is 0 Å². The lowest BCUT2D eigenvalue weighted by Crippen LogP contribution is -2.55. The van der Waals surface area contributed by atoms with Crippen molar-refractivity contribution < 1.29 is 9.53 Å². The normalized spacial score (nSPS) is 21.1.